The molecule has 3 atom stereocenters. The first-order valence-corrected chi connectivity index (χ1v) is 10.9. The normalized spacial score (nSPS) is 28.7. The zero-order chi connectivity index (χ0) is 21.9. The fourth-order valence-corrected chi connectivity index (χ4v) is 5.45. The minimum absolute atomic E-state index is 0.0313. The summed E-state index contributed by atoms with van der Waals surface area (Å²) in [6, 6.07) is 6.14. The van der Waals surface area contributed by atoms with Gasteiger partial charge in [0.1, 0.15) is 6.61 Å². The molecule has 160 valence electrons. The van der Waals surface area contributed by atoms with Gasteiger partial charge in [0.15, 0.2) is 0 Å². The summed E-state index contributed by atoms with van der Waals surface area (Å²) in [7, 11) is 4.10. The van der Waals surface area contributed by atoms with Crippen molar-refractivity contribution in [2.24, 2.45) is 22.2 Å². The number of cyclic esters (lactones) is 1. The maximum atomic E-state index is 13.5. The zero-order valence-electron chi connectivity index (χ0n) is 18.4. The Hall–Kier alpha value is -2.95. The molecule has 0 radical (unpaired) electrons. The van der Waals surface area contributed by atoms with Crippen LogP contribution in [-0.4, -0.2) is 54.8 Å². The Kier molecular flexibility index (Phi) is 4.54. The third-order valence-corrected chi connectivity index (χ3v) is 7.25. The van der Waals surface area contributed by atoms with Gasteiger partial charge in [-0.2, -0.15) is 0 Å². The first-order valence-electron chi connectivity index (χ1n) is 10.9. The van der Waals surface area contributed by atoms with E-state index in [1.54, 1.807) is 0 Å². The Morgan fingerprint density at radius 1 is 1.32 bits per heavy atom. The number of carbonyl (C=O) groups excluding carboxylic acids is 2. The molecule has 2 fully saturated rings. The van der Waals surface area contributed by atoms with Gasteiger partial charge in [0.2, 0.25) is 5.91 Å². The molecular formula is C25H27N3O3. The molecule has 0 aliphatic carbocycles. The van der Waals surface area contributed by atoms with Crippen molar-refractivity contribution in [1.82, 2.24) is 9.80 Å². The minimum Gasteiger partial charge on any atom is -0.465 e. The van der Waals surface area contributed by atoms with Gasteiger partial charge >= 0.3 is 5.97 Å². The number of aliphatic imine (C=N–C) groups is 1. The molecule has 0 spiro atoms. The lowest BCUT2D eigenvalue weighted by Gasteiger charge is -2.48. The summed E-state index contributed by atoms with van der Waals surface area (Å²) in [6.07, 6.45) is 5.00. The van der Waals surface area contributed by atoms with Crippen LogP contribution in [0, 0.1) is 17.3 Å². The third kappa shape index (κ3) is 2.86. The monoisotopic (exact) mass is 417 g/mol. The van der Waals surface area contributed by atoms with Crippen molar-refractivity contribution >= 4 is 29.5 Å². The summed E-state index contributed by atoms with van der Waals surface area (Å²) >= 11 is 0. The second-order valence-corrected chi connectivity index (χ2v) is 9.18. The van der Waals surface area contributed by atoms with Gasteiger partial charge in [-0.15, -0.1) is 0 Å². The van der Waals surface area contributed by atoms with E-state index in [0.29, 0.717) is 13.0 Å². The Balaban J connectivity index is 1.66. The van der Waals surface area contributed by atoms with Crippen LogP contribution in [0.5, 0.6) is 0 Å². The van der Waals surface area contributed by atoms with Crippen LogP contribution in [0.15, 0.2) is 46.1 Å². The number of allylic oxidation sites excluding steroid dienone is 2. The summed E-state index contributed by atoms with van der Waals surface area (Å²) in [4.78, 5) is 34.6. The van der Waals surface area contributed by atoms with E-state index in [0.717, 1.165) is 34.6 Å². The molecule has 4 aliphatic heterocycles. The number of amides is 1. The minimum atomic E-state index is -0.530. The van der Waals surface area contributed by atoms with Crippen molar-refractivity contribution in [3.63, 3.8) is 0 Å². The number of carbonyl (C=O) groups is 2. The quantitative estimate of drug-likeness (QED) is 0.708. The van der Waals surface area contributed by atoms with Crippen LogP contribution in [0.1, 0.15) is 31.4 Å². The molecule has 0 bridgehead atoms. The maximum Gasteiger partial charge on any atom is 0.309 e. The second kappa shape index (κ2) is 7.04. The second-order valence-electron chi connectivity index (χ2n) is 9.18. The molecule has 0 aromatic heterocycles. The van der Waals surface area contributed by atoms with E-state index in [-0.39, 0.29) is 30.3 Å². The number of ether oxygens (including phenoxy) is 1. The van der Waals surface area contributed by atoms with Crippen LogP contribution >= 0.6 is 0 Å². The number of rotatable bonds is 3. The van der Waals surface area contributed by atoms with Crippen molar-refractivity contribution in [3.05, 3.63) is 52.2 Å². The van der Waals surface area contributed by atoms with Crippen LogP contribution in [0.4, 0.5) is 5.69 Å². The maximum absolute atomic E-state index is 13.5. The van der Waals surface area contributed by atoms with E-state index < -0.39 is 5.41 Å². The lowest BCUT2D eigenvalue weighted by molar-refractivity contribution is -0.172. The Labute approximate surface area is 182 Å². The number of fused-ring (bicyclic) bond motifs is 5. The molecule has 6 heteroatoms. The van der Waals surface area contributed by atoms with Gasteiger partial charge in [0, 0.05) is 17.5 Å². The first-order chi connectivity index (χ1) is 14.9. The lowest BCUT2D eigenvalue weighted by atomic mass is 9.62. The molecule has 1 aromatic carbocycles. The Bertz CT molecular complexity index is 1120. The fourth-order valence-electron chi connectivity index (χ4n) is 5.45. The molecule has 4 heterocycles. The molecule has 0 N–H and O–H groups in total. The molecule has 1 amide bonds. The van der Waals surface area contributed by atoms with Crippen molar-refractivity contribution < 1.29 is 14.3 Å². The summed E-state index contributed by atoms with van der Waals surface area (Å²) in [6.45, 7) is 5.38. The van der Waals surface area contributed by atoms with Gasteiger partial charge in [-0.3, -0.25) is 9.59 Å². The predicted octanol–water partition coefficient (Wildman–Crippen LogP) is 3.32. The highest BCUT2D eigenvalue weighted by molar-refractivity contribution is 5.95. The average Bonchev–Trinajstić information content (AvgIpc) is 2.96. The van der Waals surface area contributed by atoms with E-state index in [1.165, 1.54) is 5.56 Å². The average molecular weight is 418 g/mol. The van der Waals surface area contributed by atoms with Crippen molar-refractivity contribution in [2.75, 3.05) is 27.2 Å². The van der Waals surface area contributed by atoms with E-state index in [2.05, 4.69) is 34.0 Å². The number of hydrogen-bond donors (Lipinski definition) is 0. The van der Waals surface area contributed by atoms with Crippen molar-refractivity contribution in [1.29, 1.82) is 0 Å². The standard InChI is InChI=1S/C25H27N3O3/c1-5-25-10-22-19-11-26-21-8-6-7-16(12-27(3)4)18(21)9-17(19)13-28(22)23(29)20(25)14-31-24(30)15(25)2/h6-10,15,20H,5,12-14H2,1-4H3. The van der Waals surface area contributed by atoms with E-state index >= 15 is 0 Å². The van der Waals surface area contributed by atoms with Gasteiger partial charge < -0.3 is 14.5 Å². The molecule has 1 aromatic rings. The highest BCUT2D eigenvalue weighted by Gasteiger charge is 2.57. The molecule has 0 saturated carbocycles. The topological polar surface area (TPSA) is 62.2 Å². The van der Waals surface area contributed by atoms with E-state index in [9.17, 15) is 9.59 Å². The van der Waals surface area contributed by atoms with Crippen molar-refractivity contribution in [3.8, 4) is 0 Å². The number of benzene rings is 1. The molecule has 6 nitrogen and oxygen atoms in total. The van der Waals surface area contributed by atoms with Crippen molar-refractivity contribution in [2.45, 2.75) is 26.8 Å². The molecule has 31 heavy (non-hydrogen) atoms. The highest BCUT2D eigenvalue weighted by atomic mass is 16.5. The fraction of sp³-hybridized carbons (Fsp3) is 0.440. The summed E-state index contributed by atoms with van der Waals surface area (Å²) in [5, 5.41) is 0. The van der Waals surface area contributed by atoms with Gasteiger partial charge in [-0.25, -0.2) is 4.99 Å². The summed E-state index contributed by atoms with van der Waals surface area (Å²) in [5.41, 5.74) is 5.37. The predicted molar refractivity (Wildman–Crippen MR) is 119 cm³/mol. The van der Waals surface area contributed by atoms with Crippen LogP contribution in [0.25, 0.3) is 6.08 Å². The zero-order valence-corrected chi connectivity index (χ0v) is 18.4. The van der Waals surface area contributed by atoms with Crippen LogP contribution in [0.2, 0.25) is 0 Å². The third-order valence-electron chi connectivity index (χ3n) is 7.25. The molecular weight excluding hydrogens is 390 g/mol. The van der Waals surface area contributed by atoms with Gasteiger partial charge in [-0.1, -0.05) is 32.1 Å². The number of esters is 1. The smallest absolute Gasteiger partial charge is 0.309 e. The number of nitrogens with zero attached hydrogens (tertiary/aromatic N) is 3. The largest absolute Gasteiger partial charge is 0.465 e. The molecule has 2 saturated heterocycles. The van der Waals surface area contributed by atoms with Gasteiger partial charge in [-0.05, 0) is 49.7 Å². The van der Waals surface area contributed by atoms with E-state index in [4.69, 9.17) is 4.74 Å². The molecule has 5 rings (SSSR count). The van der Waals surface area contributed by atoms with Crippen LogP contribution in [-0.2, 0) is 20.9 Å². The summed E-state index contributed by atoms with van der Waals surface area (Å²) in [5.74, 6) is 2.34. The SMILES string of the molecule is CCC12C=C3C4=C=Nc5cccc(CN(C)C)c5C=C4CN3C(=O)C1COC(=O)C2C. The molecule has 3 unspecified atom stereocenters. The van der Waals surface area contributed by atoms with Gasteiger partial charge in [0.05, 0.1) is 35.3 Å². The Morgan fingerprint density at radius 3 is 2.87 bits per heavy atom. The van der Waals surface area contributed by atoms with Crippen LogP contribution in [0.3, 0.4) is 0 Å². The van der Waals surface area contributed by atoms with Crippen LogP contribution < -0.4 is 0 Å². The number of hydrogen-bond acceptors (Lipinski definition) is 5. The van der Waals surface area contributed by atoms with Gasteiger partial charge in [0.25, 0.3) is 0 Å². The van der Waals surface area contributed by atoms with E-state index in [1.807, 2.05) is 45.0 Å². The first kappa shape index (κ1) is 20.0. The lowest BCUT2D eigenvalue weighted by Crippen LogP contribution is -2.56. The Morgan fingerprint density at radius 2 is 2.13 bits per heavy atom. The molecule has 4 aliphatic rings. The highest BCUT2D eigenvalue weighted by Crippen LogP contribution is 2.52. The summed E-state index contributed by atoms with van der Waals surface area (Å²) < 4.78 is 5.37.